The molecule has 0 bridgehead atoms. The minimum Gasteiger partial charge on any atom is -0.298 e. The van der Waals surface area contributed by atoms with E-state index in [0.29, 0.717) is 25.1 Å². The zero-order valence-electron chi connectivity index (χ0n) is 14.8. The summed E-state index contributed by atoms with van der Waals surface area (Å²) in [6, 6.07) is 4.31. The maximum Gasteiger partial charge on any atom is 0.416 e. The predicted molar refractivity (Wildman–Crippen MR) is 92.2 cm³/mol. The fourth-order valence-electron chi connectivity index (χ4n) is 3.75. The standard InChI is InChI=1S/C17H24F3N3O2S/c1-12(2)22-6-7-23-10-14(9-15(23)11-22)21-26(24,25)16-5-3-4-13(8-16)17(18,19)20/h3-5,8,12,14-15,21H,6-7,9-11H2,1-2H3. The summed E-state index contributed by atoms with van der Waals surface area (Å²) >= 11 is 0. The third-order valence-corrected chi connectivity index (χ3v) is 6.69. The average Bonchev–Trinajstić information content (AvgIpc) is 2.94. The summed E-state index contributed by atoms with van der Waals surface area (Å²) in [6.07, 6.45) is -3.90. The van der Waals surface area contributed by atoms with Gasteiger partial charge in [0, 0.05) is 44.3 Å². The minimum atomic E-state index is -4.57. The Morgan fingerprint density at radius 2 is 1.92 bits per heavy atom. The number of sulfonamides is 1. The highest BCUT2D eigenvalue weighted by molar-refractivity contribution is 7.89. The molecule has 2 fully saturated rings. The number of fused-ring (bicyclic) bond motifs is 1. The lowest BCUT2D eigenvalue weighted by Gasteiger charge is -2.39. The summed E-state index contributed by atoms with van der Waals surface area (Å²) in [5.41, 5.74) is -0.961. The van der Waals surface area contributed by atoms with Gasteiger partial charge in [0.2, 0.25) is 10.0 Å². The molecule has 2 saturated heterocycles. The Kier molecular flexibility index (Phi) is 5.35. The lowest BCUT2D eigenvalue weighted by Crippen LogP contribution is -2.52. The second kappa shape index (κ2) is 7.10. The van der Waals surface area contributed by atoms with Crippen molar-refractivity contribution >= 4 is 10.0 Å². The third kappa shape index (κ3) is 4.21. The first kappa shape index (κ1) is 19.6. The normalized spacial score (nSPS) is 25.6. The molecular formula is C17H24F3N3O2S. The van der Waals surface area contributed by atoms with Gasteiger partial charge in [0.15, 0.2) is 0 Å². The van der Waals surface area contributed by atoms with Crippen LogP contribution in [0.15, 0.2) is 29.2 Å². The molecule has 0 saturated carbocycles. The van der Waals surface area contributed by atoms with Crippen LogP contribution >= 0.6 is 0 Å². The lowest BCUT2D eigenvalue weighted by molar-refractivity contribution is -0.137. The van der Waals surface area contributed by atoms with E-state index in [1.807, 2.05) is 0 Å². The van der Waals surface area contributed by atoms with Gasteiger partial charge in [-0.05, 0) is 38.5 Å². The van der Waals surface area contributed by atoms with Crippen LogP contribution in [0.2, 0.25) is 0 Å². The smallest absolute Gasteiger partial charge is 0.298 e. The monoisotopic (exact) mass is 391 g/mol. The van der Waals surface area contributed by atoms with Crippen LogP contribution in [0.4, 0.5) is 13.2 Å². The van der Waals surface area contributed by atoms with Crippen LogP contribution < -0.4 is 4.72 Å². The zero-order valence-corrected chi connectivity index (χ0v) is 15.6. The molecular weight excluding hydrogens is 367 g/mol. The highest BCUT2D eigenvalue weighted by Gasteiger charge is 2.38. The first-order valence-electron chi connectivity index (χ1n) is 8.74. The van der Waals surface area contributed by atoms with Gasteiger partial charge in [0.1, 0.15) is 0 Å². The number of nitrogens with zero attached hydrogens (tertiary/aromatic N) is 2. The van der Waals surface area contributed by atoms with Crippen molar-refractivity contribution in [1.82, 2.24) is 14.5 Å². The fourth-order valence-corrected chi connectivity index (χ4v) is 5.03. The van der Waals surface area contributed by atoms with Crippen molar-refractivity contribution in [3.8, 4) is 0 Å². The van der Waals surface area contributed by atoms with Crippen LogP contribution in [0.3, 0.4) is 0 Å². The largest absolute Gasteiger partial charge is 0.416 e. The van der Waals surface area contributed by atoms with E-state index in [-0.39, 0.29) is 17.0 Å². The van der Waals surface area contributed by atoms with Crippen molar-refractivity contribution in [2.45, 2.75) is 49.5 Å². The number of benzene rings is 1. The molecule has 5 nitrogen and oxygen atoms in total. The third-order valence-electron chi connectivity index (χ3n) is 5.17. The molecule has 0 spiro atoms. The van der Waals surface area contributed by atoms with Gasteiger partial charge in [0.05, 0.1) is 10.5 Å². The number of hydrogen-bond acceptors (Lipinski definition) is 4. The molecule has 1 aromatic carbocycles. The van der Waals surface area contributed by atoms with Gasteiger partial charge in [-0.25, -0.2) is 13.1 Å². The highest BCUT2D eigenvalue weighted by atomic mass is 32.2. The molecule has 0 aromatic heterocycles. The average molecular weight is 391 g/mol. The summed E-state index contributed by atoms with van der Waals surface area (Å²) in [4.78, 5) is 4.28. The van der Waals surface area contributed by atoms with Gasteiger partial charge in [-0.1, -0.05) is 6.07 Å². The maximum atomic E-state index is 12.8. The van der Waals surface area contributed by atoms with Crippen molar-refractivity contribution < 1.29 is 21.6 Å². The quantitative estimate of drug-likeness (QED) is 0.855. The maximum absolute atomic E-state index is 12.8. The van der Waals surface area contributed by atoms with Crippen molar-refractivity contribution in [1.29, 1.82) is 0 Å². The van der Waals surface area contributed by atoms with Gasteiger partial charge in [-0.3, -0.25) is 9.80 Å². The van der Waals surface area contributed by atoms with Crippen LogP contribution in [0.25, 0.3) is 0 Å². The van der Waals surface area contributed by atoms with Gasteiger partial charge < -0.3 is 0 Å². The molecule has 2 heterocycles. The number of halogens is 3. The first-order chi connectivity index (χ1) is 12.1. The second-order valence-electron chi connectivity index (χ2n) is 7.32. The van der Waals surface area contributed by atoms with E-state index in [1.165, 1.54) is 6.07 Å². The molecule has 2 atom stereocenters. The summed E-state index contributed by atoms with van der Waals surface area (Å²) in [6.45, 7) is 7.58. The molecule has 146 valence electrons. The van der Waals surface area contributed by atoms with Crippen molar-refractivity contribution in [2.75, 3.05) is 26.2 Å². The van der Waals surface area contributed by atoms with Gasteiger partial charge in [0.25, 0.3) is 0 Å². The molecule has 1 aromatic rings. The molecule has 0 amide bonds. The number of nitrogens with one attached hydrogen (secondary N) is 1. The van der Waals surface area contributed by atoms with Gasteiger partial charge in [-0.2, -0.15) is 13.2 Å². The zero-order chi connectivity index (χ0) is 19.1. The van der Waals surface area contributed by atoms with Crippen LogP contribution in [-0.4, -0.2) is 62.5 Å². The van der Waals surface area contributed by atoms with Crippen LogP contribution in [0.5, 0.6) is 0 Å². The van der Waals surface area contributed by atoms with Crippen LogP contribution in [0, 0.1) is 0 Å². The van der Waals surface area contributed by atoms with E-state index in [0.717, 1.165) is 31.8 Å². The molecule has 3 rings (SSSR count). The molecule has 26 heavy (non-hydrogen) atoms. The predicted octanol–water partition coefficient (Wildman–Crippen LogP) is 2.15. The molecule has 2 aliphatic rings. The highest BCUT2D eigenvalue weighted by Crippen LogP contribution is 2.31. The van der Waals surface area contributed by atoms with E-state index >= 15 is 0 Å². The summed E-state index contributed by atoms with van der Waals surface area (Å²) in [5.74, 6) is 0. The first-order valence-corrected chi connectivity index (χ1v) is 10.2. The Labute approximate surface area is 152 Å². The minimum absolute atomic E-state index is 0.278. The second-order valence-corrected chi connectivity index (χ2v) is 9.03. The Morgan fingerprint density at radius 1 is 1.19 bits per heavy atom. The van der Waals surface area contributed by atoms with E-state index in [1.54, 1.807) is 0 Å². The topological polar surface area (TPSA) is 52.6 Å². The summed E-state index contributed by atoms with van der Waals surface area (Å²) in [7, 11) is -3.99. The lowest BCUT2D eigenvalue weighted by atomic mass is 10.1. The Hall–Kier alpha value is -1.16. The molecule has 0 aliphatic carbocycles. The van der Waals surface area contributed by atoms with E-state index < -0.39 is 21.8 Å². The van der Waals surface area contributed by atoms with E-state index in [9.17, 15) is 21.6 Å². The van der Waals surface area contributed by atoms with Crippen LogP contribution in [-0.2, 0) is 16.2 Å². The van der Waals surface area contributed by atoms with Gasteiger partial charge in [-0.15, -0.1) is 0 Å². The number of hydrogen-bond donors (Lipinski definition) is 1. The molecule has 1 N–H and O–H groups in total. The Balaban J connectivity index is 1.69. The fraction of sp³-hybridized carbons (Fsp3) is 0.647. The Bertz CT molecular complexity index is 752. The number of alkyl halides is 3. The summed E-state index contributed by atoms with van der Waals surface area (Å²) in [5, 5.41) is 0. The van der Waals surface area contributed by atoms with Crippen LogP contribution in [0.1, 0.15) is 25.8 Å². The van der Waals surface area contributed by atoms with Crippen molar-refractivity contribution in [2.24, 2.45) is 0 Å². The molecule has 2 aliphatic heterocycles. The molecule has 9 heteroatoms. The number of rotatable bonds is 4. The molecule has 0 radical (unpaired) electrons. The van der Waals surface area contributed by atoms with Gasteiger partial charge >= 0.3 is 6.18 Å². The molecule has 2 unspecified atom stereocenters. The van der Waals surface area contributed by atoms with E-state index in [2.05, 4.69) is 28.4 Å². The van der Waals surface area contributed by atoms with Crippen molar-refractivity contribution in [3.63, 3.8) is 0 Å². The SMILES string of the molecule is CC(C)N1CCN2CC(NS(=O)(=O)c3cccc(C(F)(F)F)c3)CC2C1. The number of piperazine rings is 1. The Morgan fingerprint density at radius 3 is 2.58 bits per heavy atom. The van der Waals surface area contributed by atoms with Crippen molar-refractivity contribution in [3.05, 3.63) is 29.8 Å². The van der Waals surface area contributed by atoms with E-state index in [4.69, 9.17) is 0 Å². The summed E-state index contributed by atoms with van der Waals surface area (Å²) < 4.78 is 66.2.